The Morgan fingerprint density at radius 1 is 1.18 bits per heavy atom. The molecule has 3 atom stereocenters. The van der Waals surface area contributed by atoms with Gasteiger partial charge in [0.15, 0.2) is 0 Å². The molecular formula is C25H28N4O5. The van der Waals surface area contributed by atoms with Gasteiger partial charge in [-0.25, -0.2) is 19.7 Å². The number of cyclic esters (lactones) is 1. The summed E-state index contributed by atoms with van der Waals surface area (Å²) in [5.41, 5.74) is 0.532. The zero-order valence-electron chi connectivity index (χ0n) is 19.7. The van der Waals surface area contributed by atoms with E-state index >= 15 is 0 Å². The Morgan fingerprint density at radius 3 is 2.71 bits per heavy atom. The first kappa shape index (κ1) is 22.5. The molecule has 9 nitrogen and oxygen atoms in total. The topological polar surface area (TPSA) is 116 Å². The Bertz CT molecular complexity index is 1260. The SMILES string of the molecule is COC[C@@](C)(O)c1cnc(OC2CC2)c2cnc(Nc3ccc4c(n3)[C@@H](C)[C@H](C)OC4=O)cc12. The van der Waals surface area contributed by atoms with Crippen molar-refractivity contribution in [1.82, 2.24) is 15.0 Å². The molecule has 1 aliphatic carbocycles. The van der Waals surface area contributed by atoms with E-state index in [1.165, 1.54) is 0 Å². The van der Waals surface area contributed by atoms with Gasteiger partial charge in [0.05, 0.1) is 23.3 Å². The van der Waals surface area contributed by atoms with Crippen molar-refractivity contribution < 1.29 is 24.1 Å². The third kappa shape index (κ3) is 4.17. The number of pyridine rings is 3. The van der Waals surface area contributed by atoms with Crippen LogP contribution in [0.5, 0.6) is 5.88 Å². The normalized spacial score (nSPS) is 21.5. The maximum Gasteiger partial charge on any atom is 0.340 e. The number of esters is 1. The van der Waals surface area contributed by atoms with Crippen LogP contribution in [0.15, 0.2) is 30.6 Å². The number of carbonyl (C=O) groups is 1. The molecular weight excluding hydrogens is 436 g/mol. The summed E-state index contributed by atoms with van der Waals surface area (Å²) in [6.45, 7) is 5.64. The molecule has 0 spiro atoms. The summed E-state index contributed by atoms with van der Waals surface area (Å²) in [7, 11) is 1.54. The highest BCUT2D eigenvalue weighted by molar-refractivity contribution is 5.93. The van der Waals surface area contributed by atoms with Gasteiger partial charge in [-0.05, 0) is 50.3 Å². The zero-order chi connectivity index (χ0) is 24.0. The third-order valence-corrected chi connectivity index (χ3v) is 6.37. The van der Waals surface area contributed by atoms with Crippen molar-refractivity contribution in [3.8, 4) is 5.88 Å². The Kier molecular flexibility index (Phi) is 5.61. The molecule has 0 saturated heterocycles. The van der Waals surface area contributed by atoms with Gasteiger partial charge >= 0.3 is 5.97 Å². The highest BCUT2D eigenvalue weighted by Crippen LogP contribution is 2.37. The average Bonchev–Trinajstić information content (AvgIpc) is 3.61. The highest BCUT2D eigenvalue weighted by atomic mass is 16.5. The standard InChI is InChI=1S/C25H28N4O5/c1-13-14(2)33-24(30)16-7-8-20(29-22(13)16)28-21-9-17-18(10-26-21)23(34-15-5-6-15)27-11-19(17)25(3,31)12-32-4/h7-11,13-15,31H,5-6,12H2,1-4H3,(H,26,28,29)/t13-,14-,25+/m0/s1. The van der Waals surface area contributed by atoms with Crippen molar-refractivity contribution in [3.05, 3.63) is 47.4 Å². The van der Waals surface area contributed by atoms with Gasteiger partial charge in [-0.2, -0.15) is 0 Å². The van der Waals surface area contributed by atoms with Gasteiger partial charge in [0.25, 0.3) is 0 Å². The molecule has 2 N–H and O–H groups in total. The average molecular weight is 465 g/mol. The van der Waals surface area contributed by atoms with E-state index in [-0.39, 0.29) is 30.7 Å². The molecule has 5 rings (SSSR count). The molecule has 0 radical (unpaired) electrons. The number of nitrogens with one attached hydrogen (secondary N) is 1. The van der Waals surface area contributed by atoms with Gasteiger partial charge < -0.3 is 24.6 Å². The lowest BCUT2D eigenvalue weighted by Gasteiger charge is -2.27. The van der Waals surface area contributed by atoms with Gasteiger partial charge in [-0.1, -0.05) is 6.92 Å². The molecule has 0 unspecified atom stereocenters. The fourth-order valence-electron chi connectivity index (χ4n) is 4.16. The molecule has 2 aliphatic rings. The van der Waals surface area contributed by atoms with Crippen LogP contribution in [0.25, 0.3) is 10.8 Å². The van der Waals surface area contributed by atoms with Crippen LogP contribution >= 0.6 is 0 Å². The molecule has 178 valence electrons. The zero-order valence-corrected chi connectivity index (χ0v) is 19.7. The van der Waals surface area contributed by atoms with E-state index in [2.05, 4.69) is 20.3 Å². The van der Waals surface area contributed by atoms with E-state index in [0.29, 0.717) is 34.3 Å². The number of hydrogen-bond acceptors (Lipinski definition) is 9. The minimum atomic E-state index is -1.26. The minimum Gasteiger partial charge on any atom is -0.474 e. The summed E-state index contributed by atoms with van der Waals surface area (Å²) in [5, 5.41) is 15.8. The van der Waals surface area contributed by atoms with E-state index in [9.17, 15) is 9.90 Å². The van der Waals surface area contributed by atoms with Crippen molar-refractivity contribution in [2.24, 2.45) is 0 Å². The third-order valence-electron chi connectivity index (χ3n) is 6.37. The summed E-state index contributed by atoms with van der Waals surface area (Å²) in [6, 6.07) is 5.29. The molecule has 0 amide bonds. The highest BCUT2D eigenvalue weighted by Gasteiger charge is 2.32. The number of anilines is 2. The summed E-state index contributed by atoms with van der Waals surface area (Å²) in [5.74, 6) is 1.22. The van der Waals surface area contributed by atoms with Gasteiger partial charge in [0, 0.05) is 31.0 Å². The van der Waals surface area contributed by atoms with Crippen LogP contribution < -0.4 is 10.1 Å². The number of aromatic nitrogens is 3. The Hall–Kier alpha value is -3.30. The lowest BCUT2D eigenvalue weighted by Crippen LogP contribution is -2.29. The largest absolute Gasteiger partial charge is 0.474 e. The predicted molar refractivity (Wildman–Crippen MR) is 125 cm³/mol. The molecule has 0 aromatic carbocycles. The van der Waals surface area contributed by atoms with Crippen molar-refractivity contribution in [1.29, 1.82) is 0 Å². The van der Waals surface area contributed by atoms with Crippen molar-refractivity contribution >= 4 is 28.4 Å². The Morgan fingerprint density at radius 2 is 1.97 bits per heavy atom. The van der Waals surface area contributed by atoms with Crippen molar-refractivity contribution in [2.75, 3.05) is 19.0 Å². The lowest BCUT2D eigenvalue weighted by atomic mass is 9.94. The van der Waals surface area contributed by atoms with Gasteiger partial charge in [0.2, 0.25) is 5.88 Å². The molecule has 1 saturated carbocycles. The Labute approximate surface area is 197 Å². The van der Waals surface area contributed by atoms with E-state index in [0.717, 1.165) is 23.6 Å². The van der Waals surface area contributed by atoms with E-state index in [1.807, 2.05) is 19.9 Å². The predicted octanol–water partition coefficient (Wildman–Crippen LogP) is 3.83. The summed E-state index contributed by atoms with van der Waals surface area (Å²) >= 11 is 0. The maximum absolute atomic E-state index is 12.2. The van der Waals surface area contributed by atoms with Crippen LogP contribution in [0.1, 0.15) is 61.1 Å². The monoisotopic (exact) mass is 464 g/mol. The number of ether oxygens (including phenoxy) is 3. The fourth-order valence-corrected chi connectivity index (χ4v) is 4.16. The molecule has 4 heterocycles. The number of hydrogen-bond donors (Lipinski definition) is 2. The van der Waals surface area contributed by atoms with Gasteiger partial charge in [-0.3, -0.25) is 0 Å². The molecule has 1 fully saturated rings. The van der Waals surface area contributed by atoms with Crippen LogP contribution in [0.4, 0.5) is 11.6 Å². The number of carbonyl (C=O) groups excluding carboxylic acids is 1. The molecule has 34 heavy (non-hydrogen) atoms. The van der Waals surface area contributed by atoms with Crippen LogP contribution in [-0.2, 0) is 15.1 Å². The second-order valence-corrected chi connectivity index (χ2v) is 9.27. The molecule has 0 bridgehead atoms. The van der Waals surface area contributed by atoms with E-state index < -0.39 is 5.60 Å². The van der Waals surface area contributed by atoms with Crippen LogP contribution in [-0.4, -0.2) is 52.0 Å². The molecule has 3 aromatic rings. The number of fused-ring (bicyclic) bond motifs is 2. The molecule has 1 aliphatic heterocycles. The quantitative estimate of drug-likeness (QED) is 0.503. The number of nitrogens with zero attached hydrogens (tertiary/aromatic N) is 3. The van der Waals surface area contributed by atoms with Crippen LogP contribution in [0.3, 0.4) is 0 Å². The van der Waals surface area contributed by atoms with Crippen LogP contribution in [0.2, 0.25) is 0 Å². The number of rotatable bonds is 7. The minimum absolute atomic E-state index is 0.0250. The van der Waals surface area contributed by atoms with E-state index in [4.69, 9.17) is 14.2 Å². The van der Waals surface area contributed by atoms with Crippen molar-refractivity contribution in [2.45, 2.75) is 57.3 Å². The second kappa shape index (κ2) is 8.48. The van der Waals surface area contributed by atoms with Gasteiger partial charge in [0.1, 0.15) is 29.4 Å². The van der Waals surface area contributed by atoms with E-state index in [1.54, 1.807) is 38.6 Å². The Balaban J connectivity index is 1.54. The first-order valence-electron chi connectivity index (χ1n) is 11.4. The number of methoxy groups -OCH3 is 1. The molecule has 9 heteroatoms. The van der Waals surface area contributed by atoms with Gasteiger partial charge in [-0.15, -0.1) is 0 Å². The summed E-state index contributed by atoms with van der Waals surface area (Å²) in [6.07, 6.45) is 5.27. The summed E-state index contributed by atoms with van der Waals surface area (Å²) < 4.78 is 16.6. The smallest absolute Gasteiger partial charge is 0.340 e. The summed E-state index contributed by atoms with van der Waals surface area (Å²) in [4.78, 5) is 25.9. The lowest BCUT2D eigenvalue weighted by molar-refractivity contribution is -0.0199. The van der Waals surface area contributed by atoms with Crippen LogP contribution in [0, 0.1) is 0 Å². The molecule has 3 aromatic heterocycles. The maximum atomic E-state index is 12.2. The number of aliphatic hydroxyl groups is 1. The van der Waals surface area contributed by atoms with Crippen molar-refractivity contribution in [3.63, 3.8) is 0 Å². The first-order valence-corrected chi connectivity index (χ1v) is 11.4. The second-order valence-electron chi connectivity index (χ2n) is 9.27. The fraction of sp³-hybridized carbons (Fsp3) is 0.440. The first-order chi connectivity index (χ1) is 16.3.